The average molecular weight is 400 g/mol. The summed E-state index contributed by atoms with van der Waals surface area (Å²) in [7, 11) is 0. The molecule has 1 amide bonds. The topological polar surface area (TPSA) is 56.1 Å². The van der Waals surface area contributed by atoms with Gasteiger partial charge in [-0.1, -0.05) is 28.1 Å². The van der Waals surface area contributed by atoms with E-state index in [4.69, 9.17) is 4.74 Å². The quantitative estimate of drug-likeness (QED) is 0.670. The lowest BCUT2D eigenvalue weighted by molar-refractivity contribution is 0.102. The number of benzene rings is 2. The van der Waals surface area contributed by atoms with Gasteiger partial charge in [0.1, 0.15) is 11.6 Å². The molecule has 0 aliphatic rings. The summed E-state index contributed by atoms with van der Waals surface area (Å²) in [5, 5.41) is 7.19. The number of anilines is 1. The number of halogens is 1. The van der Waals surface area contributed by atoms with E-state index in [9.17, 15) is 4.79 Å². The third-order valence-electron chi connectivity index (χ3n) is 3.63. The van der Waals surface area contributed by atoms with Crippen LogP contribution in [0, 0.1) is 0 Å². The van der Waals surface area contributed by atoms with Gasteiger partial charge in [-0.15, -0.1) is 0 Å². The Balaban J connectivity index is 1.69. The van der Waals surface area contributed by atoms with Crippen molar-refractivity contribution in [2.75, 3.05) is 11.9 Å². The summed E-state index contributed by atoms with van der Waals surface area (Å²) in [5.74, 6) is 1.22. The van der Waals surface area contributed by atoms with Crippen LogP contribution in [0.15, 0.2) is 65.3 Å². The zero-order valence-corrected chi connectivity index (χ0v) is 15.4. The van der Waals surface area contributed by atoms with Crippen LogP contribution in [0.1, 0.15) is 22.8 Å². The van der Waals surface area contributed by atoms with E-state index in [0.717, 1.165) is 15.8 Å². The average Bonchev–Trinajstić information content (AvgIpc) is 3.04. The number of rotatable bonds is 6. The van der Waals surface area contributed by atoms with Gasteiger partial charge in [0.25, 0.3) is 5.91 Å². The second-order valence-corrected chi connectivity index (χ2v) is 6.33. The van der Waals surface area contributed by atoms with Gasteiger partial charge in [0.2, 0.25) is 0 Å². The maximum atomic E-state index is 12.4. The lowest BCUT2D eigenvalue weighted by Gasteiger charge is -2.10. The van der Waals surface area contributed by atoms with E-state index in [1.165, 1.54) is 0 Å². The summed E-state index contributed by atoms with van der Waals surface area (Å²) in [6.45, 7) is 3.10. The Hall–Kier alpha value is -2.60. The van der Waals surface area contributed by atoms with Gasteiger partial charge in [-0.05, 0) is 48.9 Å². The fourth-order valence-electron chi connectivity index (χ4n) is 2.39. The second kappa shape index (κ2) is 7.98. The van der Waals surface area contributed by atoms with Crippen LogP contribution in [0.25, 0.3) is 0 Å². The molecule has 0 radical (unpaired) electrons. The van der Waals surface area contributed by atoms with Gasteiger partial charge >= 0.3 is 0 Å². The van der Waals surface area contributed by atoms with Crippen LogP contribution in [-0.2, 0) is 6.54 Å². The predicted molar refractivity (Wildman–Crippen MR) is 101 cm³/mol. The van der Waals surface area contributed by atoms with Crippen molar-refractivity contribution in [3.8, 4) is 5.75 Å². The molecule has 0 atom stereocenters. The van der Waals surface area contributed by atoms with Crippen molar-refractivity contribution in [2.24, 2.45) is 0 Å². The Kier molecular flexibility index (Phi) is 5.50. The van der Waals surface area contributed by atoms with E-state index in [1.807, 2.05) is 31.2 Å². The first-order valence-electron chi connectivity index (χ1n) is 7.96. The van der Waals surface area contributed by atoms with E-state index in [0.29, 0.717) is 24.5 Å². The van der Waals surface area contributed by atoms with Gasteiger partial charge in [0.05, 0.1) is 19.3 Å². The van der Waals surface area contributed by atoms with Crippen molar-refractivity contribution in [1.82, 2.24) is 9.78 Å². The standard InChI is InChI=1S/C19H18BrN3O2/c1-2-25-17-9-5-15(6-10-17)19(24)22-18-11-12-21-23(18)13-14-3-7-16(20)8-4-14/h3-12H,2,13H2,1H3,(H,22,24). The molecule has 0 aliphatic carbocycles. The number of hydrogen-bond donors (Lipinski definition) is 1. The van der Waals surface area contributed by atoms with Crippen LogP contribution < -0.4 is 10.1 Å². The second-order valence-electron chi connectivity index (χ2n) is 5.41. The molecule has 6 heteroatoms. The SMILES string of the molecule is CCOc1ccc(C(=O)Nc2ccnn2Cc2ccc(Br)cc2)cc1. The first-order chi connectivity index (χ1) is 12.2. The zero-order chi connectivity index (χ0) is 17.6. The van der Waals surface area contributed by atoms with E-state index >= 15 is 0 Å². The Morgan fingerprint density at radius 1 is 1.12 bits per heavy atom. The maximum absolute atomic E-state index is 12.4. The van der Waals surface area contributed by atoms with E-state index in [1.54, 1.807) is 41.2 Å². The minimum absolute atomic E-state index is 0.180. The van der Waals surface area contributed by atoms with E-state index < -0.39 is 0 Å². The largest absolute Gasteiger partial charge is 0.494 e. The lowest BCUT2D eigenvalue weighted by Crippen LogP contribution is -2.16. The summed E-state index contributed by atoms with van der Waals surface area (Å²) in [4.78, 5) is 12.4. The van der Waals surface area contributed by atoms with Gasteiger partial charge in [-0.25, -0.2) is 4.68 Å². The lowest BCUT2D eigenvalue weighted by atomic mass is 10.2. The van der Waals surface area contributed by atoms with Crippen LogP contribution in [-0.4, -0.2) is 22.3 Å². The monoisotopic (exact) mass is 399 g/mol. The minimum atomic E-state index is -0.180. The van der Waals surface area contributed by atoms with Crippen LogP contribution in [0.2, 0.25) is 0 Å². The van der Waals surface area contributed by atoms with Gasteiger partial charge in [0, 0.05) is 16.1 Å². The molecule has 0 bridgehead atoms. The number of amides is 1. The molecule has 0 fully saturated rings. The first-order valence-corrected chi connectivity index (χ1v) is 8.75. The molecule has 1 aromatic heterocycles. The van der Waals surface area contributed by atoms with Crippen molar-refractivity contribution in [1.29, 1.82) is 0 Å². The molecule has 1 heterocycles. The Labute approximate surface area is 154 Å². The number of carbonyl (C=O) groups is 1. The normalized spacial score (nSPS) is 10.5. The molecule has 3 aromatic rings. The summed E-state index contributed by atoms with van der Waals surface area (Å²) in [6.07, 6.45) is 1.67. The van der Waals surface area contributed by atoms with Crippen molar-refractivity contribution in [3.05, 3.63) is 76.4 Å². The number of ether oxygens (including phenoxy) is 1. The Bertz CT molecular complexity index is 842. The van der Waals surface area contributed by atoms with Gasteiger partial charge in [0.15, 0.2) is 0 Å². The molecule has 0 saturated heterocycles. The highest BCUT2D eigenvalue weighted by atomic mass is 79.9. The molecule has 0 aliphatic heterocycles. The van der Waals surface area contributed by atoms with Crippen LogP contribution in [0.3, 0.4) is 0 Å². The van der Waals surface area contributed by atoms with Crippen LogP contribution in [0.5, 0.6) is 5.75 Å². The number of carbonyl (C=O) groups excluding carboxylic acids is 1. The number of nitrogens with zero attached hydrogens (tertiary/aromatic N) is 2. The molecule has 0 unspecified atom stereocenters. The zero-order valence-electron chi connectivity index (χ0n) is 13.8. The third-order valence-corrected chi connectivity index (χ3v) is 4.16. The maximum Gasteiger partial charge on any atom is 0.256 e. The van der Waals surface area contributed by atoms with Crippen molar-refractivity contribution in [2.45, 2.75) is 13.5 Å². The number of hydrogen-bond acceptors (Lipinski definition) is 3. The highest BCUT2D eigenvalue weighted by Gasteiger charge is 2.10. The molecule has 0 spiro atoms. The molecule has 2 aromatic carbocycles. The highest BCUT2D eigenvalue weighted by Crippen LogP contribution is 2.16. The summed E-state index contributed by atoms with van der Waals surface area (Å²) >= 11 is 3.42. The van der Waals surface area contributed by atoms with Crippen molar-refractivity contribution in [3.63, 3.8) is 0 Å². The fourth-order valence-corrected chi connectivity index (χ4v) is 2.65. The predicted octanol–water partition coefficient (Wildman–Crippen LogP) is 4.34. The molecular weight excluding hydrogens is 382 g/mol. The molecule has 128 valence electrons. The van der Waals surface area contributed by atoms with Gasteiger partial charge in [-0.3, -0.25) is 4.79 Å². The summed E-state index contributed by atoms with van der Waals surface area (Å²) in [6, 6.07) is 16.9. The van der Waals surface area contributed by atoms with Crippen molar-refractivity contribution >= 4 is 27.7 Å². The van der Waals surface area contributed by atoms with Crippen LogP contribution in [0.4, 0.5) is 5.82 Å². The molecule has 1 N–H and O–H groups in total. The Morgan fingerprint density at radius 2 is 1.84 bits per heavy atom. The number of nitrogens with one attached hydrogen (secondary N) is 1. The first kappa shape index (κ1) is 17.2. The van der Waals surface area contributed by atoms with Crippen molar-refractivity contribution < 1.29 is 9.53 Å². The number of aromatic nitrogens is 2. The minimum Gasteiger partial charge on any atom is -0.494 e. The third kappa shape index (κ3) is 4.48. The molecule has 3 rings (SSSR count). The Morgan fingerprint density at radius 3 is 2.52 bits per heavy atom. The summed E-state index contributed by atoms with van der Waals surface area (Å²) in [5.41, 5.74) is 1.67. The highest BCUT2D eigenvalue weighted by molar-refractivity contribution is 9.10. The van der Waals surface area contributed by atoms with E-state index in [2.05, 4.69) is 26.3 Å². The molecule has 0 saturated carbocycles. The fraction of sp³-hybridized carbons (Fsp3) is 0.158. The summed E-state index contributed by atoms with van der Waals surface area (Å²) < 4.78 is 8.18. The smallest absolute Gasteiger partial charge is 0.256 e. The van der Waals surface area contributed by atoms with Gasteiger partial charge in [-0.2, -0.15) is 5.10 Å². The van der Waals surface area contributed by atoms with Gasteiger partial charge < -0.3 is 10.1 Å². The van der Waals surface area contributed by atoms with E-state index in [-0.39, 0.29) is 5.91 Å². The van der Waals surface area contributed by atoms with Crippen LogP contribution >= 0.6 is 15.9 Å². The molecule has 25 heavy (non-hydrogen) atoms. The molecular formula is C19H18BrN3O2. The molecule has 5 nitrogen and oxygen atoms in total.